The van der Waals surface area contributed by atoms with Gasteiger partial charge >= 0.3 is 11.9 Å². The summed E-state index contributed by atoms with van der Waals surface area (Å²) < 4.78 is 0. The number of hydrogen-bond donors (Lipinski definition) is 13. The molecular formula is C35H53N11O13. The van der Waals surface area contributed by atoms with Gasteiger partial charge in [-0.3, -0.25) is 48.1 Å². The van der Waals surface area contributed by atoms with Gasteiger partial charge < -0.3 is 74.9 Å². The van der Waals surface area contributed by atoms with Crippen LogP contribution in [0.1, 0.15) is 57.9 Å². The number of primary amides is 1. The molecule has 326 valence electrons. The SMILES string of the molecule is C[C@@H](NC(=O)[C@H](NC(=O)C(Cc1ccccc1)NC(=O)[C@H](CCC(=O)O)NC(=O)[C@H](CC(N)=O)NC(=O)[C@@H](N)CC(=O)O)[C@@H](C)O)C(=O)N[C@H](C=O)CCCN=C(N)N. The number of carboxylic acid groups (broad SMARTS) is 2. The van der Waals surface area contributed by atoms with Crippen molar-refractivity contribution in [1.29, 1.82) is 0 Å². The largest absolute Gasteiger partial charge is 0.481 e. The summed E-state index contributed by atoms with van der Waals surface area (Å²) >= 11 is 0. The van der Waals surface area contributed by atoms with Crippen LogP contribution in [0.3, 0.4) is 0 Å². The third-order valence-corrected chi connectivity index (χ3v) is 8.24. The molecule has 17 N–H and O–H groups in total. The maximum Gasteiger partial charge on any atom is 0.305 e. The lowest BCUT2D eigenvalue weighted by Crippen LogP contribution is -2.61. The van der Waals surface area contributed by atoms with E-state index < -0.39 is 127 Å². The number of aliphatic carboxylic acids is 2. The fourth-order valence-corrected chi connectivity index (χ4v) is 5.14. The zero-order chi connectivity index (χ0) is 44.8. The zero-order valence-corrected chi connectivity index (χ0v) is 32.4. The zero-order valence-electron chi connectivity index (χ0n) is 32.4. The molecule has 1 rings (SSSR count). The summed E-state index contributed by atoms with van der Waals surface area (Å²) in [6.07, 6.45) is -3.81. The fourth-order valence-electron chi connectivity index (χ4n) is 5.14. The van der Waals surface area contributed by atoms with Crippen molar-refractivity contribution < 1.29 is 63.3 Å². The fraction of sp³-hybridized carbons (Fsp3) is 0.514. The Morgan fingerprint density at radius 2 is 1.27 bits per heavy atom. The van der Waals surface area contributed by atoms with Crippen LogP contribution in [0, 0.1) is 0 Å². The lowest BCUT2D eigenvalue weighted by Gasteiger charge is -2.28. The molecular weight excluding hydrogens is 782 g/mol. The molecule has 0 saturated carbocycles. The standard InChI is InChI=1S/C35H53N11O13/c1-17(29(54)42-20(16-47)9-6-12-40-35(38)39)41-34(59)28(18(2)48)46-33(58)23(13-19-7-4-3-5-8-19)45-31(56)22(10-11-26(50)51)43-32(57)24(15-25(37)49)44-30(55)21(36)14-27(52)53/h3-5,7-8,16-18,20-24,28,48H,6,9-15,36H2,1-2H3,(H2,37,49)(H,41,59)(H,42,54)(H,43,57)(H,44,55)(H,45,56)(H,46,58)(H,50,51)(H,52,53)(H4,38,39,40)/t17-,18-,20+,21+,22+,23?,24+,28-/m1/s1. The van der Waals surface area contributed by atoms with Gasteiger partial charge in [0, 0.05) is 19.4 Å². The summed E-state index contributed by atoms with van der Waals surface area (Å²) in [5.74, 6) is -10.5. The number of carbonyl (C=O) groups excluding carboxylic acids is 8. The molecule has 0 spiro atoms. The minimum Gasteiger partial charge on any atom is -0.481 e. The molecule has 1 aromatic carbocycles. The Kier molecular flexibility index (Phi) is 21.8. The molecule has 7 amide bonds. The number of aliphatic hydroxyl groups is 1. The maximum atomic E-state index is 13.8. The predicted molar refractivity (Wildman–Crippen MR) is 206 cm³/mol. The second-order valence-electron chi connectivity index (χ2n) is 13.3. The van der Waals surface area contributed by atoms with Crippen LogP contribution in [-0.2, 0) is 54.4 Å². The number of nitrogens with two attached hydrogens (primary N) is 4. The Bertz CT molecular complexity index is 1690. The van der Waals surface area contributed by atoms with Crippen LogP contribution in [0.4, 0.5) is 0 Å². The summed E-state index contributed by atoms with van der Waals surface area (Å²) in [5.41, 5.74) is 21.8. The number of carbonyl (C=O) groups is 10. The van der Waals surface area contributed by atoms with E-state index in [1.54, 1.807) is 30.3 Å². The molecule has 0 saturated heterocycles. The van der Waals surface area contributed by atoms with Crippen molar-refractivity contribution in [2.45, 2.75) is 107 Å². The molecule has 1 unspecified atom stereocenters. The number of aldehydes is 1. The van der Waals surface area contributed by atoms with Gasteiger partial charge in [-0.15, -0.1) is 0 Å². The van der Waals surface area contributed by atoms with Gasteiger partial charge in [0.2, 0.25) is 41.4 Å². The molecule has 0 heterocycles. The van der Waals surface area contributed by atoms with Gasteiger partial charge in [0.1, 0.15) is 36.5 Å². The number of amides is 7. The van der Waals surface area contributed by atoms with Crippen LogP contribution in [0.25, 0.3) is 0 Å². The number of guanidine groups is 1. The normalized spacial score (nSPS) is 14.8. The number of carboxylic acids is 2. The Balaban J connectivity index is 3.30. The average Bonchev–Trinajstić information content (AvgIpc) is 3.15. The first-order valence-corrected chi connectivity index (χ1v) is 18.2. The van der Waals surface area contributed by atoms with Crippen molar-refractivity contribution in [3.8, 4) is 0 Å². The Morgan fingerprint density at radius 1 is 0.695 bits per heavy atom. The minimum absolute atomic E-state index is 0.148. The highest BCUT2D eigenvalue weighted by atomic mass is 16.4. The molecule has 0 aliphatic heterocycles. The number of nitrogens with zero attached hydrogens (tertiary/aromatic N) is 1. The number of rotatable bonds is 27. The Morgan fingerprint density at radius 3 is 1.81 bits per heavy atom. The van der Waals surface area contributed by atoms with Gasteiger partial charge in [-0.2, -0.15) is 0 Å². The summed E-state index contributed by atoms with van der Waals surface area (Å²) in [7, 11) is 0. The maximum absolute atomic E-state index is 13.8. The Labute approximate surface area is 338 Å². The van der Waals surface area contributed by atoms with E-state index in [2.05, 4.69) is 36.9 Å². The quantitative estimate of drug-likeness (QED) is 0.0170. The summed E-state index contributed by atoms with van der Waals surface area (Å²) in [6.45, 7) is 2.63. The third-order valence-electron chi connectivity index (χ3n) is 8.24. The van der Waals surface area contributed by atoms with E-state index in [1.165, 1.54) is 6.92 Å². The second kappa shape index (κ2) is 25.5. The first-order chi connectivity index (χ1) is 27.6. The Hall–Kier alpha value is -6.69. The monoisotopic (exact) mass is 835 g/mol. The third kappa shape index (κ3) is 19.8. The first-order valence-electron chi connectivity index (χ1n) is 18.2. The highest BCUT2D eigenvalue weighted by Crippen LogP contribution is 2.08. The van der Waals surface area contributed by atoms with E-state index in [9.17, 15) is 58.2 Å². The number of nitrogens with one attached hydrogen (secondary N) is 6. The average molecular weight is 836 g/mol. The molecule has 0 fully saturated rings. The predicted octanol–water partition coefficient (Wildman–Crippen LogP) is -5.67. The number of benzene rings is 1. The van der Waals surface area contributed by atoms with Gasteiger partial charge in [-0.1, -0.05) is 30.3 Å². The minimum atomic E-state index is -1.79. The van der Waals surface area contributed by atoms with E-state index in [-0.39, 0.29) is 25.3 Å². The molecule has 24 heteroatoms. The topological polar surface area (TPSA) is 420 Å². The van der Waals surface area contributed by atoms with Crippen molar-refractivity contribution in [2.24, 2.45) is 27.9 Å². The van der Waals surface area contributed by atoms with Gasteiger partial charge in [-0.25, -0.2) is 0 Å². The van der Waals surface area contributed by atoms with E-state index in [1.807, 2.05) is 0 Å². The van der Waals surface area contributed by atoms with Crippen LogP contribution < -0.4 is 54.8 Å². The molecule has 0 aromatic heterocycles. The lowest BCUT2D eigenvalue weighted by atomic mass is 10.0. The molecule has 24 nitrogen and oxygen atoms in total. The van der Waals surface area contributed by atoms with Crippen LogP contribution in [0.5, 0.6) is 0 Å². The highest BCUT2D eigenvalue weighted by molar-refractivity contribution is 5.98. The van der Waals surface area contributed by atoms with Crippen molar-refractivity contribution in [2.75, 3.05) is 6.54 Å². The summed E-state index contributed by atoms with van der Waals surface area (Å²) in [6, 6.07) is -2.61. The van der Waals surface area contributed by atoms with E-state index in [0.717, 1.165) is 6.92 Å². The van der Waals surface area contributed by atoms with Crippen LogP contribution in [0.2, 0.25) is 0 Å². The van der Waals surface area contributed by atoms with Crippen LogP contribution in [-0.4, -0.2) is 136 Å². The summed E-state index contributed by atoms with van der Waals surface area (Å²) in [4.78, 5) is 129. The molecule has 0 radical (unpaired) electrons. The highest BCUT2D eigenvalue weighted by Gasteiger charge is 2.35. The summed E-state index contributed by atoms with van der Waals surface area (Å²) in [5, 5.41) is 42.6. The van der Waals surface area contributed by atoms with Gasteiger partial charge in [0.15, 0.2) is 5.96 Å². The van der Waals surface area contributed by atoms with Crippen LogP contribution in [0.15, 0.2) is 35.3 Å². The molecule has 0 aliphatic carbocycles. The first kappa shape index (κ1) is 50.3. The molecule has 59 heavy (non-hydrogen) atoms. The van der Waals surface area contributed by atoms with Crippen LogP contribution >= 0.6 is 0 Å². The van der Waals surface area contributed by atoms with Crippen molar-refractivity contribution >= 4 is 65.5 Å². The van der Waals surface area contributed by atoms with Crippen molar-refractivity contribution in [1.82, 2.24) is 31.9 Å². The van der Waals surface area contributed by atoms with Crippen molar-refractivity contribution in [3.63, 3.8) is 0 Å². The van der Waals surface area contributed by atoms with Crippen molar-refractivity contribution in [3.05, 3.63) is 35.9 Å². The van der Waals surface area contributed by atoms with E-state index in [0.29, 0.717) is 18.3 Å². The van der Waals surface area contributed by atoms with Gasteiger partial charge in [-0.05, 0) is 38.7 Å². The molecule has 0 aliphatic rings. The lowest BCUT2D eigenvalue weighted by molar-refractivity contribution is -0.140. The van der Waals surface area contributed by atoms with E-state index >= 15 is 0 Å². The number of aliphatic imine (C=N–C) groups is 1. The van der Waals surface area contributed by atoms with Gasteiger partial charge in [0.05, 0.1) is 31.0 Å². The number of aliphatic hydroxyl groups excluding tert-OH is 1. The smallest absolute Gasteiger partial charge is 0.305 e. The van der Waals surface area contributed by atoms with E-state index in [4.69, 9.17) is 28.0 Å². The second-order valence-corrected chi connectivity index (χ2v) is 13.3. The molecule has 8 atom stereocenters. The molecule has 0 bridgehead atoms. The number of hydrogen-bond acceptors (Lipinski definition) is 13. The molecule has 1 aromatic rings. The van der Waals surface area contributed by atoms with Gasteiger partial charge in [0.25, 0.3) is 0 Å².